The van der Waals surface area contributed by atoms with Crippen molar-refractivity contribution in [3.63, 3.8) is 0 Å². The number of rotatable bonds is 4. The van der Waals surface area contributed by atoms with E-state index in [0.717, 1.165) is 0 Å². The lowest BCUT2D eigenvalue weighted by Gasteiger charge is -1.98. The topological polar surface area (TPSA) is 26.3 Å². The Bertz CT molecular complexity index is 325. The molecule has 0 N–H and O–H groups in total. The van der Waals surface area contributed by atoms with Gasteiger partial charge in [0, 0.05) is 6.08 Å². The van der Waals surface area contributed by atoms with Crippen LogP contribution in [0.2, 0.25) is 0 Å². The normalized spacial score (nSPS) is 10.0. The number of allylic oxidation sites excluding steroid dienone is 2. The predicted molar refractivity (Wildman–Crippen MR) is 56.0 cm³/mol. The predicted octanol–water partition coefficient (Wildman–Crippen LogP) is 2.72. The Morgan fingerprint density at radius 1 is 1.36 bits per heavy atom. The van der Waals surface area contributed by atoms with E-state index >= 15 is 0 Å². The van der Waals surface area contributed by atoms with Crippen molar-refractivity contribution in [3.05, 3.63) is 55.1 Å². The average molecular weight is 188 g/mol. The summed E-state index contributed by atoms with van der Waals surface area (Å²) in [6.07, 6.45) is 5.49. The van der Waals surface area contributed by atoms with Crippen molar-refractivity contribution in [2.24, 2.45) is 0 Å². The number of hydrogen-bond donors (Lipinski definition) is 0. The molecule has 2 heteroatoms. The van der Waals surface area contributed by atoms with Gasteiger partial charge in [0.25, 0.3) is 0 Å². The summed E-state index contributed by atoms with van der Waals surface area (Å²) >= 11 is 0. The van der Waals surface area contributed by atoms with Crippen LogP contribution in [0.1, 0.15) is 6.42 Å². The second-order valence-corrected chi connectivity index (χ2v) is 2.66. The third-order valence-electron chi connectivity index (χ3n) is 1.52. The Morgan fingerprint density at radius 2 is 2.07 bits per heavy atom. The summed E-state index contributed by atoms with van der Waals surface area (Å²) in [5.41, 5.74) is 0. The van der Waals surface area contributed by atoms with E-state index in [1.165, 1.54) is 6.08 Å². The number of para-hydroxylation sites is 1. The van der Waals surface area contributed by atoms with Crippen molar-refractivity contribution in [2.45, 2.75) is 6.42 Å². The quantitative estimate of drug-likeness (QED) is 0.314. The van der Waals surface area contributed by atoms with Gasteiger partial charge in [0.1, 0.15) is 5.75 Å². The van der Waals surface area contributed by atoms with E-state index in [1.54, 1.807) is 24.3 Å². The first-order valence-electron chi connectivity index (χ1n) is 4.37. The van der Waals surface area contributed by atoms with Crippen LogP contribution in [0.25, 0.3) is 0 Å². The SMILES string of the molecule is C=CC/C=C/C(=O)Oc1ccccc1. The highest BCUT2D eigenvalue weighted by Crippen LogP contribution is 2.08. The summed E-state index contributed by atoms with van der Waals surface area (Å²) in [5.74, 6) is 0.193. The minimum absolute atomic E-state index is 0.363. The Kier molecular flexibility index (Phi) is 4.21. The maximum Gasteiger partial charge on any atom is 0.335 e. The van der Waals surface area contributed by atoms with Gasteiger partial charge in [-0.05, 0) is 18.6 Å². The first-order valence-corrected chi connectivity index (χ1v) is 4.37. The molecule has 0 radical (unpaired) electrons. The molecule has 1 aromatic rings. The van der Waals surface area contributed by atoms with Crippen LogP contribution in [0.4, 0.5) is 0 Å². The van der Waals surface area contributed by atoms with Crippen LogP contribution in [0.5, 0.6) is 5.75 Å². The molecule has 0 heterocycles. The largest absolute Gasteiger partial charge is 0.423 e. The number of carbonyl (C=O) groups excluding carboxylic acids is 1. The van der Waals surface area contributed by atoms with Crippen LogP contribution in [0, 0.1) is 0 Å². The number of benzene rings is 1. The third-order valence-corrected chi connectivity index (χ3v) is 1.52. The van der Waals surface area contributed by atoms with Crippen molar-refractivity contribution in [2.75, 3.05) is 0 Å². The molecule has 0 aliphatic rings. The minimum atomic E-state index is -0.363. The average Bonchev–Trinajstić information content (AvgIpc) is 2.20. The van der Waals surface area contributed by atoms with Crippen molar-refractivity contribution in [1.82, 2.24) is 0 Å². The Morgan fingerprint density at radius 3 is 2.71 bits per heavy atom. The second-order valence-electron chi connectivity index (χ2n) is 2.66. The molecule has 0 saturated heterocycles. The van der Waals surface area contributed by atoms with Gasteiger partial charge in [-0.25, -0.2) is 4.79 Å². The molecule has 0 aromatic heterocycles. The lowest BCUT2D eigenvalue weighted by atomic mass is 10.3. The van der Waals surface area contributed by atoms with Crippen molar-refractivity contribution >= 4 is 5.97 Å². The summed E-state index contributed by atoms with van der Waals surface area (Å²) < 4.78 is 5.00. The van der Waals surface area contributed by atoms with Gasteiger partial charge < -0.3 is 4.74 Å². The smallest absolute Gasteiger partial charge is 0.335 e. The van der Waals surface area contributed by atoms with Gasteiger partial charge in [0.2, 0.25) is 0 Å². The van der Waals surface area contributed by atoms with E-state index < -0.39 is 0 Å². The molecule has 0 aliphatic heterocycles. The van der Waals surface area contributed by atoms with Crippen molar-refractivity contribution < 1.29 is 9.53 Å². The zero-order valence-corrected chi connectivity index (χ0v) is 7.85. The van der Waals surface area contributed by atoms with Crippen molar-refractivity contribution in [3.8, 4) is 5.75 Å². The lowest BCUT2D eigenvalue weighted by molar-refractivity contribution is -0.129. The van der Waals surface area contributed by atoms with Crippen LogP contribution < -0.4 is 4.74 Å². The maximum atomic E-state index is 11.1. The molecular formula is C12H12O2. The fourth-order valence-electron chi connectivity index (χ4n) is 0.899. The number of hydrogen-bond acceptors (Lipinski definition) is 2. The molecule has 1 rings (SSSR count). The molecule has 0 spiro atoms. The monoisotopic (exact) mass is 188 g/mol. The summed E-state index contributed by atoms with van der Waals surface area (Å²) in [4.78, 5) is 11.1. The van der Waals surface area contributed by atoms with Crippen LogP contribution in [0.3, 0.4) is 0 Å². The highest BCUT2D eigenvalue weighted by molar-refractivity contribution is 5.83. The standard InChI is InChI=1S/C12H12O2/c1-2-3-5-10-12(13)14-11-8-6-4-7-9-11/h2,4-10H,1,3H2/b10-5+. The van der Waals surface area contributed by atoms with Crippen molar-refractivity contribution in [1.29, 1.82) is 0 Å². The molecule has 0 aliphatic carbocycles. The molecule has 0 amide bonds. The van der Waals surface area contributed by atoms with E-state index in [-0.39, 0.29) is 5.97 Å². The van der Waals surface area contributed by atoms with E-state index in [1.807, 2.05) is 18.2 Å². The van der Waals surface area contributed by atoms with Gasteiger partial charge in [0.05, 0.1) is 0 Å². The Hall–Kier alpha value is -1.83. The fourth-order valence-corrected chi connectivity index (χ4v) is 0.899. The van der Waals surface area contributed by atoms with E-state index in [4.69, 9.17) is 4.74 Å². The number of ether oxygens (including phenoxy) is 1. The number of esters is 1. The highest BCUT2D eigenvalue weighted by Gasteiger charge is 1.97. The summed E-state index contributed by atoms with van der Waals surface area (Å²) in [6.45, 7) is 3.54. The molecule has 2 nitrogen and oxygen atoms in total. The van der Waals surface area contributed by atoms with E-state index in [0.29, 0.717) is 12.2 Å². The second kappa shape index (κ2) is 5.75. The summed E-state index contributed by atoms with van der Waals surface area (Å²) in [7, 11) is 0. The number of carbonyl (C=O) groups is 1. The fraction of sp³-hybridized carbons (Fsp3) is 0.0833. The van der Waals surface area contributed by atoms with Crippen LogP contribution in [-0.4, -0.2) is 5.97 Å². The van der Waals surface area contributed by atoms with Crippen LogP contribution >= 0.6 is 0 Å². The Labute approximate surface area is 83.5 Å². The summed E-state index contributed by atoms with van der Waals surface area (Å²) in [5, 5.41) is 0. The molecule has 0 atom stereocenters. The third kappa shape index (κ3) is 3.72. The molecule has 0 fully saturated rings. The Balaban J connectivity index is 2.45. The molecule has 0 bridgehead atoms. The molecule has 0 saturated carbocycles. The minimum Gasteiger partial charge on any atom is -0.423 e. The lowest BCUT2D eigenvalue weighted by Crippen LogP contribution is -2.03. The van der Waals surface area contributed by atoms with Crippen LogP contribution in [0.15, 0.2) is 55.1 Å². The van der Waals surface area contributed by atoms with Gasteiger partial charge in [-0.2, -0.15) is 0 Å². The highest BCUT2D eigenvalue weighted by atomic mass is 16.5. The van der Waals surface area contributed by atoms with Gasteiger partial charge in [-0.1, -0.05) is 30.4 Å². The van der Waals surface area contributed by atoms with Gasteiger partial charge in [-0.15, -0.1) is 6.58 Å². The van der Waals surface area contributed by atoms with Gasteiger partial charge >= 0.3 is 5.97 Å². The molecular weight excluding hydrogens is 176 g/mol. The maximum absolute atomic E-state index is 11.1. The van der Waals surface area contributed by atoms with Gasteiger partial charge in [0.15, 0.2) is 0 Å². The molecule has 14 heavy (non-hydrogen) atoms. The molecule has 0 unspecified atom stereocenters. The first kappa shape index (κ1) is 10.3. The molecule has 1 aromatic carbocycles. The van der Waals surface area contributed by atoms with E-state index in [9.17, 15) is 4.79 Å². The van der Waals surface area contributed by atoms with E-state index in [2.05, 4.69) is 6.58 Å². The first-order chi connectivity index (χ1) is 6.83. The van der Waals surface area contributed by atoms with Crippen LogP contribution in [-0.2, 0) is 4.79 Å². The zero-order valence-electron chi connectivity index (χ0n) is 7.85. The van der Waals surface area contributed by atoms with Gasteiger partial charge in [-0.3, -0.25) is 0 Å². The molecule has 72 valence electrons. The zero-order chi connectivity index (χ0) is 10.2. The summed E-state index contributed by atoms with van der Waals surface area (Å²) in [6, 6.07) is 8.97.